The van der Waals surface area contributed by atoms with E-state index >= 15 is 0 Å². The number of aromatic nitrogens is 2. The molecule has 0 spiro atoms. The minimum absolute atomic E-state index is 0.0693. The van der Waals surface area contributed by atoms with E-state index in [1.54, 1.807) is 12.3 Å². The Morgan fingerprint density at radius 3 is 2.51 bits per heavy atom. The fourth-order valence-corrected chi connectivity index (χ4v) is 6.01. The van der Waals surface area contributed by atoms with Crippen molar-refractivity contribution < 1.29 is 4.79 Å². The predicted octanol–water partition coefficient (Wildman–Crippen LogP) is 7.11. The number of benzene rings is 2. The molecule has 0 saturated carbocycles. The molecular formula is C30H29Cl2N5OS. The molecule has 1 amide bonds. The lowest BCUT2D eigenvalue weighted by Crippen LogP contribution is -2.32. The molecule has 9 heteroatoms. The second-order valence-corrected chi connectivity index (χ2v) is 11.0. The molecule has 0 radical (unpaired) electrons. The fraction of sp³-hybridized carbons (Fsp3) is 0.233. The average molecular weight is 579 g/mol. The standard InChI is InChI=1S/C30H29Cl2N5OS/c1-18-7-10-22(11-8-18)34-27(38)13-15-36-29(28(35-30(36)39)25-6-4-5-14-33-25)23-16-19(2)37(20(23)3)26-12-9-21(31)17-24(26)32/h4-12,14,16-17,28-29H,13,15H2,1-3H3,(H,34,38)(H,35,39)/t28-,29+/m0/s1. The van der Waals surface area contributed by atoms with Gasteiger partial charge in [-0.05, 0) is 87.1 Å². The van der Waals surface area contributed by atoms with Crippen LogP contribution >= 0.6 is 35.4 Å². The van der Waals surface area contributed by atoms with Gasteiger partial charge in [0.15, 0.2) is 5.11 Å². The van der Waals surface area contributed by atoms with E-state index in [0.29, 0.717) is 21.7 Å². The summed E-state index contributed by atoms with van der Waals surface area (Å²) in [7, 11) is 0. The van der Waals surface area contributed by atoms with Crippen molar-refractivity contribution in [3.05, 3.63) is 111 Å². The Hall–Kier alpha value is -3.39. The quantitative estimate of drug-likeness (QED) is 0.229. The molecule has 4 aromatic rings. The van der Waals surface area contributed by atoms with Gasteiger partial charge in [-0.1, -0.05) is 47.0 Å². The van der Waals surface area contributed by atoms with Crippen molar-refractivity contribution in [2.24, 2.45) is 0 Å². The van der Waals surface area contributed by atoms with Gasteiger partial charge >= 0.3 is 0 Å². The van der Waals surface area contributed by atoms with E-state index in [2.05, 4.69) is 45.0 Å². The van der Waals surface area contributed by atoms with Crippen molar-refractivity contribution in [2.45, 2.75) is 39.3 Å². The van der Waals surface area contributed by atoms with Crippen LogP contribution in [0.5, 0.6) is 0 Å². The summed E-state index contributed by atoms with van der Waals surface area (Å²) in [5, 5.41) is 8.21. The van der Waals surface area contributed by atoms with Gasteiger partial charge < -0.3 is 20.1 Å². The van der Waals surface area contributed by atoms with Crippen LogP contribution in [-0.4, -0.2) is 32.0 Å². The molecule has 39 heavy (non-hydrogen) atoms. The summed E-state index contributed by atoms with van der Waals surface area (Å²) in [5.41, 5.74) is 6.80. The molecule has 0 aliphatic carbocycles. The summed E-state index contributed by atoms with van der Waals surface area (Å²) < 4.78 is 2.13. The molecular weight excluding hydrogens is 549 g/mol. The molecule has 1 aliphatic rings. The summed E-state index contributed by atoms with van der Waals surface area (Å²) in [4.78, 5) is 19.6. The van der Waals surface area contributed by atoms with E-state index in [1.165, 1.54) is 0 Å². The van der Waals surface area contributed by atoms with E-state index in [4.69, 9.17) is 35.4 Å². The highest BCUT2D eigenvalue weighted by Crippen LogP contribution is 2.42. The number of rotatable bonds is 7. The van der Waals surface area contributed by atoms with E-state index < -0.39 is 0 Å². The second kappa shape index (κ2) is 11.4. The Morgan fingerprint density at radius 1 is 1.05 bits per heavy atom. The van der Waals surface area contributed by atoms with E-state index in [9.17, 15) is 4.79 Å². The minimum atomic E-state index is -0.187. The Bertz CT molecular complexity index is 1520. The molecule has 2 atom stereocenters. The van der Waals surface area contributed by atoms with Gasteiger partial charge in [0.2, 0.25) is 5.91 Å². The van der Waals surface area contributed by atoms with Crippen molar-refractivity contribution in [2.75, 3.05) is 11.9 Å². The van der Waals surface area contributed by atoms with Crippen molar-refractivity contribution in [3.63, 3.8) is 0 Å². The highest BCUT2D eigenvalue weighted by atomic mass is 35.5. The molecule has 1 saturated heterocycles. The number of carbonyl (C=O) groups is 1. The number of nitrogens with zero attached hydrogens (tertiary/aromatic N) is 3. The highest BCUT2D eigenvalue weighted by Gasteiger charge is 2.41. The van der Waals surface area contributed by atoms with Crippen LogP contribution in [0.15, 0.2) is 72.9 Å². The van der Waals surface area contributed by atoms with Crippen molar-refractivity contribution in [3.8, 4) is 5.69 Å². The SMILES string of the molecule is Cc1ccc(NC(=O)CCN2C(=S)N[C@@H](c3ccccn3)[C@H]2c2cc(C)n(-c3ccc(Cl)cc3Cl)c2C)cc1. The van der Waals surface area contributed by atoms with Crippen LogP contribution < -0.4 is 10.6 Å². The lowest BCUT2D eigenvalue weighted by Gasteiger charge is -2.28. The molecule has 200 valence electrons. The minimum Gasteiger partial charge on any atom is -0.352 e. The first-order valence-electron chi connectivity index (χ1n) is 12.7. The van der Waals surface area contributed by atoms with Crippen LogP contribution in [0, 0.1) is 20.8 Å². The third-order valence-corrected chi connectivity index (χ3v) is 7.94. The summed E-state index contributed by atoms with van der Waals surface area (Å²) >= 11 is 18.6. The second-order valence-electron chi connectivity index (χ2n) is 9.74. The van der Waals surface area contributed by atoms with Gasteiger partial charge in [-0.3, -0.25) is 9.78 Å². The zero-order chi connectivity index (χ0) is 27.7. The van der Waals surface area contributed by atoms with Gasteiger partial charge in [0.25, 0.3) is 0 Å². The predicted molar refractivity (Wildman–Crippen MR) is 162 cm³/mol. The summed E-state index contributed by atoms with van der Waals surface area (Å²) in [6.45, 7) is 6.59. The van der Waals surface area contributed by atoms with Crippen molar-refractivity contribution in [1.82, 2.24) is 19.8 Å². The van der Waals surface area contributed by atoms with Gasteiger partial charge in [-0.25, -0.2) is 0 Å². The normalized spacial score (nSPS) is 16.8. The average Bonchev–Trinajstić information content (AvgIpc) is 3.39. The lowest BCUT2D eigenvalue weighted by atomic mass is 9.96. The number of hydrogen-bond donors (Lipinski definition) is 2. The van der Waals surface area contributed by atoms with Gasteiger partial charge in [0.1, 0.15) is 0 Å². The summed E-state index contributed by atoms with van der Waals surface area (Å²) in [6, 6.07) is 20.9. The van der Waals surface area contributed by atoms with Gasteiger partial charge in [0, 0.05) is 41.3 Å². The van der Waals surface area contributed by atoms with Crippen molar-refractivity contribution in [1.29, 1.82) is 0 Å². The molecule has 0 bridgehead atoms. The van der Waals surface area contributed by atoms with Crippen LogP contribution in [-0.2, 0) is 4.79 Å². The Balaban J connectivity index is 1.48. The van der Waals surface area contributed by atoms with Crippen LogP contribution in [0.3, 0.4) is 0 Å². The third-order valence-electron chi connectivity index (χ3n) is 7.05. The molecule has 6 nitrogen and oxygen atoms in total. The molecule has 0 unspecified atom stereocenters. The van der Waals surface area contributed by atoms with Gasteiger partial charge in [-0.2, -0.15) is 0 Å². The first-order chi connectivity index (χ1) is 18.7. The maximum Gasteiger partial charge on any atom is 0.226 e. The first kappa shape index (κ1) is 27.2. The number of aryl methyl sites for hydroxylation is 2. The molecule has 1 fully saturated rings. The molecule has 2 aromatic carbocycles. The number of carbonyl (C=O) groups excluding carboxylic acids is 1. The zero-order valence-corrected chi connectivity index (χ0v) is 24.2. The maximum atomic E-state index is 12.9. The Morgan fingerprint density at radius 2 is 1.82 bits per heavy atom. The monoisotopic (exact) mass is 577 g/mol. The number of hydrogen-bond acceptors (Lipinski definition) is 3. The third kappa shape index (κ3) is 5.66. The largest absolute Gasteiger partial charge is 0.352 e. The summed E-state index contributed by atoms with van der Waals surface area (Å²) in [6.07, 6.45) is 2.06. The molecule has 2 N–H and O–H groups in total. The Labute approximate surface area is 244 Å². The van der Waals surface area contributed by atoms with Crippen LogP contribution in [0.2, 0.25) is 10.0 Å². The number of nitrogens with one attached hydrogen (secondary N) is 2. The first-order valence-corrected chi connectivity index (χ1v) is 13.9. The molecule has 1 aliphatic heterocycles. The molecule has 5 rings (SSSR count). The van der Waals surface area contributed by atoms with Crippen LogP contribution in [0.1, 0.15) is 46.7 Å². The van der Waals surface area contributed by atoms with Crippen LogP contribution in [0.4, 0.5) is 5.69 Å². The fourth-order valence-electron chi connectivity index (χ4n) is 5.19. The molecule has 3 heterocycles. The smallest absolute Gasteiger partial charge is 0.226 e. The Kier molecular flexibility index (Phi) is 7.93. The van der Waals surface area contributed by atoms with Gasteiger partial charge in [0.05, 0.1) is 28.5 Å². The number of anilines is 1. The van der Waals surface area contributed by atoms with E-state index in [-0.39, 0.29) is 24.4 Å². The number of thiocarbonyl (C=S) groups is 1. The highest BCUT2D eigenvalue weighted by molar-refractivity contribution is 7.80. The number of amides is 1. The zero-order valence-electron chi connectivity index (χ0n) is 21.9. The molecule has 2 aromatic heterocycles. The maximum absolute atomic E-state index is 12.9. The topological polar surface area (TPSA) is 62.2 Å². The van der Waals surface area contributed by atoms with Crippen LogP contribution in [0.25, 0.3) is 5.69 Å². The van der Waals surface area contributed by atoms with E-state index in [1.807, 2.05) is 61.5 Å². The van der Waals surface area contributed by atoms with E-state index in [0.717, 1.165) is 39.6 Å². The number of halogens is 2. The summed E-state index contributed by atoms with van der Waals surface area (Å²) in [5.74, 6) is -0.0693. The lowest BCUT2D eigenvalue weighted by molar-refractivity contribution is -0.116. The van der Waals surface area contributed by atoms with Gasteiger partial charge in [-0.15, -0.1) is 0 Å². The number of pyridine rings is 1. The van der Waals surface area contributed by atoms with Crippen molar-refractivity contribution >= 4 is 52.1 Å².